The van der Waals surface area contributed by atoms with Gasteiger partial charge in [0.2, 0.25) is 5.95 Å². The summed E-state index contributed by atoms with van der Waals surface area (Å²) in [6.07, 6.45) is 8.02. The first-order valence-electron chi connectivity index (χ1n) is 10.9. The van der Waals surface area contributed by atoms with Gasteiger partial charge in [-0.15, -0.1) is 0 Å². The van der Waals surface area contributed by atoms with Crippen molar-refractivity contribution in [3.63, 3.8) is 0 Å². The molecule has 0 aliphatic carbocycles. The second-order valence-corrected chi connectivity index (χ2v) is 10.9. The molecule has 2 aromatic heterocycles. The van der Waals surface area contributed by atoms with Gasteiger partial charge in [0.15, 0.2) is 5.65 Å². The number of ether oxygens (including phenoxy) is 1. The fourth-order valence-corrected chi connectivity index (χ4v) is 5.19. The first-order chi connectivity index (χ1) is 15.7. The lowest BCUT2D eigenvalue weighted by Crippen LogP contribution is -2.45. The topological polar surface area (TPSA) is 71.8 Å². The summed E-state index contributed by atoms with van der Waals surface area (Å²) >= 11 is 14.0. The monoisotopic (exact) mass is 507 g/mol. The number of nitrogens with zero attached hydrogens (tertiary/aromatic N) is 4. The molecule has 1 fully saturated rings. The average molecular weight is 508 g/mol. The lowest BCUT2D eigenvalue weighted by atomic mass is 10.1. The number of aromatic nitrogens is 3. The highest BCUT2D eigenvalue weighted by Gasteiger charge is 2.25. The SMILES string of the molecule is CC(C)(C)OC(=O)NC1CCCCN(c2ncc(Sc3cccc(Cl)c3Cl)c3nccn23)C1. The van der Waals surface area contributed by atoms with Gasteiger partial charge in [0, 0.05) is 42.6 Å². The molecule has 1 aliphatic heterocycles. The van der Waals surface area contributed by atoms with Crippen LogP contribution in [-0.2, 0) is 4.74 Å². The van der Waals surface area contributed by atoms with Crippen LogP contribution in [0, 0.1) is 0 Å². The van der Waals surface area contributed by atoms with Gasteiger partial charge in [-0.05, 0) is 52.2 Å². The third-order valence-electron chi connectivity index (χ3n) is 5.19. The number of anilines is 1. The molecule has 0 radical (unpaired) electrons. The van der Waals surface area contributed by atoms with Gasteiger partial charge >= 0.3 is 6.09 Å². The quantitative estimate of drug-likeness (QED) is 0.461. The Balaban J connectivity index is 1.56. The Kier molecular flexibility index (Phi) is 7.26. The first kappa shape index (κ1) is 24.0. The van der Waals surface area contributed by atoms with E-state index in [1.807, 2.05) is 49.7 Å². The number of carbonyl (C=O) groups is 1. The van der Waals surface area contributed by atoms with E-state index in [0.717, 1.165) is 47.2 Å². The van der Waals surface area contributed by atoms with E-state index in [0.29, 0.717) is 16.6 Å². The number of carbonyl (C=O) groups excluding carboxylic acids is 1. The molecule has 3 aromatic rings. The van der Waals surface area contributed by atoms with Crippen LogP contribution >= 0.6 is 35.0 Å². The van der Waals surface area contributed by atoms with E-state index in [4.69, 9.17) is 32.9 Å². The van der Waals surface area contributed by atoms with Gasteiger partial charge < -0.3 is 15.0 Å². The van der Waals surface area contributed by atoms with E-state index in [1.54, 1.807) is 12.3 Å². The number of rotatable bonds is 4. The van der Waals surface area contributed by atoms with Crippen LogP contribution in [0.1, 0.15) is 40.0 Å². The van der Waals surface area contributed by atoms with Crippen LogP contribution in [0.15, 0.2) is 46.6 Å². The Bertz CT molecular complexity index is 1150. The number of amides is 1. The van der Waals surface area contributed by atoms with Crippen molar-refractivity contribution in [3.8, 4) is 0 Å². The molecule has 1 unspecified atom stereocenters. The summed E-state index contributed by atoms with van der Waals surface area (Å²) in [6, 6.07) is 5.54. The van der Waals surface area contributed by atoms with Crippen molar-refractivity contribution in [2.45, 2.75) is 61.5 Å². The van der Waals surface area contributed by atoms with E-state index in [2.05, 4.69) is 15.2 Å². The summed E-state index contributed by atoms with van der Waals surface area (Å²) in [4.78, 5) is 25.6. The number of fused-ring (bicyclic) bond motifs is 1. The lowest BCUT2D eigenvalue weighted by Gasteiger charge is -2.28. The second kappa shape index (κ2) is 9.99. The molecule has 4 rings (SSSR count). The molecule has 0 saturated carbocycles. The molecule has 0 bridgehead atoms. The summed E-state index contributed by atoms with van der Waals surface area (Å²) in [5.41, 5.74) is 0.264. The maximum Gasteiger partial charge on any atom is 0.407 e. The van der Waals surface area contributed by atoms with E-state index in [9.17, 15) is 4.79 Å². The normalized spacial score (nSPS) is 17.1. The summed E-state index contributed by atoms with van der Waals surface area (Å²) in [5, 5.41) is 4.05. The van der Waals surface area contributed by atoms with Crippen molar-refractivity contribution < 1.29 is 9.53 Å². The number of halogens is 2. The first-order valence-corrected chi connectivity index (χ1v) is 12.5. The molecule has 1 amide bonds. The van der Waals surface area contributed by atoms with E-state index in [1.165, 1.54) is 11.8 Å². The van der Waals surface area contributed by atoms with Gasteiger partial charge in [0.05, 0.1) is 14.9 Å². The molecule has 10 heteroatoms. The molecule has 1 aromatic carbocycles. The highest BCUT2D eigenvalue weighted by atomic mass is 35.5. The summed E-state index contributed by atoms with van der Waals surface area (Å²) < 4.78 is 7.43. The van der Waals surface area contributed by atoms with Crippen molar-refractivity contribution >= 4 is 52.7 Å². The third kappa shape index (κ3) is 5.86. The highest BCUT2D eigenvalue weighted by Crippen LogP contribution is 2.38. The fourth-order valence-electron chi connectivity index (χ4n) is 3.79. The molecular weight excluding hydrogens is 481 g/mol. The predicted octanol–water partition coefficient (Wildman–Crippen LogP) is 6.07. The molecule has 1 saturated heterocycles. The van der Waals surface area contributed by atoms with E-state index < -0.39 is 5.60 Å². The minimum absolute atomic E-state index is 0.0259. The van der Waals surface area contributed by atoms with E-state index >= 15 is 0 Å². The molecule has 176 valence electrons. The van der Waals surface area contributed by atoms with Crippen LogP contribution in [0.5, 0.6) is 0 Å². The second-order valence-electron chi connectivity index (χ2n) is 8.98. The molecule has 7 nitrogen and oxygen atoms in total. The molecule has 33 heavy (non-hydrogen) atoms. The number of alkyl carbamates (subject to hydrolysis) is 1. The summed E-state index contributed by atoms with van der Waals surface area (Å²) in [6.45, 7) is 7.08. The minimum atomic E-state index is -0.529. The van der Waals surface area contributed by atoms with Crippen LogP contribution in [0.4, 0.5) is 10.7 Å². The number of hydrogen-bond acceptors (Lipinski definition) is 6. The molecule has 1 atom stereocenters. The molecular formula is C23H27Cl2N5O2S. The Morgan fingerprint density at radius 1 is 1.21 bits per heavy atom. The summed E-state index contributed by atoms with van der Waals surface area (Å²) in [5.74, 6) is 0.793. The van der Waals surface area contributed by atoms with Gasteiger partial charge in [-0.1, -0.05) is 41.0 Å². The minimum Gasteiger partial charge on any atom is -0.444 e. The van der Waals surface area contributed by atoms with Crippen LogP contribution < -0.4 is 10.2 Å². The smallest absolute Gasteiger partial charge is 0.407 e. The van der Waals surface area contributed by atoms with Crippen molar-refractivity contribution in [1.29, 1.82) is 0 Å². The van der Waals surface area contributed by atoms with Gasteiger partial charge in [0.1, 0.15) is 5.60 Å². The number of nitrogens with one attached hydrogen (secondary N) is 1. The van der Waals surface area contributed by atoms with Crippen molar-refractivity contribution in [2.75, 3.05) is 18.0 Å². The maximum atomic E-state index is 12.3. The average Bonchev–Trinajstić information content (AvgIpc) is 3.12. The zero-order valence-corrected chi connectivity index (χ0v) is 21.2. The van der Waals surface area contributed by atoms with Crippen LogP contribution in [0.3, 0.4) is 0 Å². The van der Waals surface area contributed by atoms with Gasteiger partial charge in [-0.25, -0.2) is 14.8 Å². The van der Waals surface area contributed by atoms with Gasteiger partial charge in [0.25, 0.3) is 0 Å². The van der Waals surface area contributed by atoms with Crippen LogP contribution in [0.25, 0.3) is 5.65 Å². The third-order valence-corrected chi connectivity index (χ3v) is 7.18. The standard InChI is InChI=1S/C23H27Cl2N5O2S/c1-23(2,3)32-22(31)28-15-7-4-5-11-29(14-15)21-27-13-18(20-26-10-12-30(20)21)33-17-9-6-8-16(24)19(17)25/h6,8-10,12-13,15H,4-5,7,11,14H2,1-3H3,(H,28,31). The zero-order chi connectivity index (χ0) is 23.6. The predicted molar refractivity (Wildman–Crippen MR) is 133 cm³/mol. The highest BCUT2D eigenvalue weighted by molar-refractivity contribution is 7.99. The Morgan fingerprint density at radius 2 is 2.03 bits per heavy atom. The van der Waals surface area contributed by atoms with Crippen LogP contribution in [-0.4, -0.2) is 45.2 Å². The van der Waals surface area contributed by atoms with Crippen molar-refractivity contribution in [3.05, 3.63) is 46.8 Å². The number of imidazole rings is 1. The van der Waals surface area contributed by atoms with E-state index in [-0.39, 0.29) is 12.1 Å². The number of benzene rings is 1. The largest absolute Gasteiger partial charge is 0.444 e. The lowest BCUT2D eigenvalue weighted by molar-refractivity contribution is 0.0504. The summed E-state index contributed by atoms with van der Waals surface area (Å²) in [7, 11) is 0. The zero-order valence-electron chi connectivity index (χ0n) is 18.8. The molecule has 1 N–H and O–H groups in total. The van der Waals surface area contributed by atoms with Gasteiger partial charge in [-0.2, -0.15) is 0 Å². The van der Waals surface area contributed by atoms with Crippen LogP contribution in [0.2, 0.25) is 10.0 Å². The molecule has 3 heterocycles. The Morgan fingerprint density at radius 3 is 2.82 bits per heavy atom. The van der Waals surface area contributed by atoms with Crippen molar-refractivity contribution in [2.24, 2.45) is 0 Å². The molecule has 1 aliphatic rings. The van der Waals surface area contributed by atoms with Gasteiger partial charge in [-0.3, -0.25) is 4.40 Å². The Hall–Kier alpha value is -2.16. The molecule has 0 spiro atoms. The maximum absolute atomic E-state index is 12.3. The van der Waals surface area contributed by atoms with Crippen molar-refractivity contribution in [1.82, 2.24) is 19.7 Å². The Labute approximate surface area is 207 Å². The number of hydrogen-bond donors (Lipinski definition) is 1. The fraction of sp³-hybridized carbons (Fsp3) is 0.435.